The molecule has 0 aliphatic rings. The highest BCUT2D eigenvalue weighted by Gasteiger charge is 2.09. The van der Waals surface area contributed by atoms with E-state index in [0.29, 0.717) is 0 Å². The summed E-state index contributed by atoms with van der Waals surface area (Å²) in [7, 11) is 0. The Kier molecular flexibility index (Phi) is 3.43. The van der Waals surface area contributed by atoms with Gasteiger partial charge in [0.1, 0.15) is 0 Å². The van der Waals surface area contributed by atoms with E-state index < -0.39 is 0 Å². The molecule has 4 heteroatoms. The second-order valence-corrected chi connectivity index (χ2v) is 5.32. The molecule has 0 aliphatic carbocycles. The van der Waals surface area contributed by atoms with E-state index >= 15 is 0 Å². The fraction of sp³-hybridized carbons (Fsp3) is 0.385. The van der Waals surface area contributed by atoms with E-state index in [1.807, 2.05) is 17.7 Å². The summed E-state index contributed by atoms with van der Waals surface area (Å²) >= 11 is 1.58. The molecule has 2 rings (SSSR count). The lowest BCUT2D eigenvalue weighted by atomic mass is 10.2. The predicted molar refractivity (Wildman–Crippen MR) is 69.9 cm³/mol. The molecule has 0 aliphatic heterocycles. The Balaban J connectivity index is 2.31. The van der Waals surface area contributed by atoms with Crippen LogP contribution in [0.5, 0.6) is 0 Å². The lowest BCUT2D eigenvalue weighted by molar-refractivity contribution is 0.112. The van der Waals surface area contributed by atoms with Crippen LogP contribution in [0, 0.1) is 13.8 Å². The van der Waals surface area contributed by atoms with Gasteiger partial charge in [-0.15, -0.1) is 11.3 Å². The second kappa shape index (κ2) is 4.84. The van der Waals surface area contributed by atoms with Crippen molar-refractivity contribution in [1.82, 2.24) is 9.78 Å². The van der Waals surface area contributed by atoms with Crippen LogP contribution in [-0.4, -0.2) is 16.1 Å². The Bertz CT molecular complexity index is 540. The number of thiophene rings is 1. The van der Waals surface area contributed by atoms with Gasteiger partial charge in [0.05, 0.1) is 17.1 Å². The number of aryl methyl sites for hydroxylation is 3. The maximum atomic E-state index is 10.8. The van der Waals surface area contributed by atoms with Crippen LogP contribution in [-0.2, 0) is 13.0 Å². The Morgan fingerprint density at radius 2 is 2.18 bits per heavy atom. The fourth-order valence-electron chi connectivity index (χ4n) is 1.98. The largest absolute Gasteiger partial charge is 0.297 e. The summed E-state index contributed by atoms with van der Waals surface area (Å²) in [6.45, 7) is 6.92. The molecular weight excluding hydrogens is 232 g/mol. The minimum absolute atomic E-state index is 0.757. The topological polar surface area (TPSA) is 34.9 Å². The summed E-state index contributed by atoms with van der Waals surface area (Å²) in [5.74, 6) is 0. The maximum absolute atomic E-state index is 10.8. The van der Waals surface area contributed by atoms with E-state index in [-0.39, 0.29) is 0 Å². The molecule has 2 aromatic heterocycles. The lowest BCUT2D eigenvalue weighted by Gasteiger charge is -2.04. The Labute approximate surface area is 105 Å². The molecule has 0 saturated carbocycles. The molecule has 2 heterocycles. The average molecular weight is 248 g/mol. The zero-order chi connectivity index (χ0) is 12.4. The monoisotopic (exact) mass is 248 g/mol. The summed E-state index contributed by atoms with van der Waals surface area (Å²) < 4.78 is 1.99. The number of aldehydes is 1. The van der Waals surface area contributed by atoms with Crippen LogP contribution < -0.4 is 0 Å². The summed E-state index contributed by atoms with van der Waals surface area (Å²) in [6.07, 6.45) is 1.89. The highest BCUT2D eigenvalue weighted by molar-refractivity contribution is 7.13. The quantitative estimate of drug-likeness (QED) is 0.780. The van der Waals surface area contributed by atoms with Crippen LogP contribution in [0.2, 0.25) is 0 Å². The molecule has 17 heavy (non-hydrogen) atoms. The van der Waals surface area contributed by atoms with Crippen LogP contribution in [0.3, 0.4) is 0 Å². The van der Waals surface area contributed by atoms with Crippen molar-refractivity contribution in [3.63, 3.8) is 0 Å². The highest BCUT2D eigenvalue weighted by Crippen LogP contribution is 2.23. The number of aromatic nitrogens is 2. The second-order valence-electron chi connectivity index (χ2n) is 4.15. The van der Waals surface area contributed by atoms with Crippen molar-refractivity contribution in [3.8, 4) is 0 Å². The van der Waals surface area contributed by atoms with Gasteiger partial charge in [0.2, 0.25) is 0 Å². The normalized spacial score (nSPS) is 10.8. The third-order valence-electron chi connectivity index (χ3n) is 2.78. The molecule has 0 unspecified atom stereocenters. The molecular formula is C13H16N2OS. The van der Waals surface area contributed by atoms with E-state index in [0.717, 1.165) is 35.5 Å². The lowest BCUT2D eigenvalue weighted by Crippen LogP contribution is -2.04. The molecule has 2 aromatic rings. The van der Waals surface area contributed by atoms with E-state index in [4.69, 9.17) is 0 Å². The van der Waals surface area contributed by atoms with E-state index in [9.17, 15) is 4.79 Å². The zero-order valence-electron chi connectivity index (χ0n) is 10.4. The van der Waals surface area contributed by atoms with Crippen molar-refractivity contribution < 1.29 is 4.79 Å². The van der Waals surface area contributed by atoms with Crippen LogP contribution in [0.4, 0.5) is 0 Å². The summed E-state index contributed by atoms with van der Waals surface area (Å²) in [4.78, 5) is 12.9. The third kappa shape index (κ3) is 2.47. The van der Waals surface area contributed by atoms with Gasteiger partial charge < -0.3 is 0 Å². The van der Waals surface area contributed by atoms with Crippen LogP contribution in [0.15, 0.2) is 12.1 Å². The predicted octanol–water partition coefficient (Wildman–Crippen LogP) is 2.98. The minimum Gasteiger partial charge on any atom is -0.297 e. The molecule has 0 N–H and O–H groups in total. The first kappa shape index (κ1) is 12.0. The van der Waals surface area contributed by atoms with Crippen molar-refractivity contribution in [3.05, 3.63) is 38.8 Å². The number of hydrogen-bond acceptors (Lipinski definition) is 3. The SMILES string of the molecule is CCc1sc(C=O)cc1Cn1nc(C)cc1C. The standard InChI is InChI=1S/C13H16N2OS/c1-4-13-11(6-12(8-16)17-13)7-15-10(3)5-9(2)14-15/h5-6,8H,4,7H2,1-3H3. The number of nitrogens with zero attached hydrogens (tertiary/aromatic N) is 2. The number of carbonyl (C=O) groups is 1. The summed E-state index contributed by atoms with van der Waals surface area (Å²) in [6, 6.07) is 4.05. The molecule has 0 saturated heterocycles. The number of hydrogen-bond donors (Lipinski definition) is 0. The van der Waals surface area contributed by atoms with Crippen molar-refractivity contribution in [2.75, 3.05) is 0 Å². The van der Waals surface area contributed by atoms with E-state index in [1.165, 1.54) is 10.4 Å². The van der Waals surface area contributed by atoms with Gasteiger partial charge in [-0.2, -0.15) is 5.10 Å². The van der Waals surface area contributed by atoms with Gasteiger partial charge in [0.15, 0.2) is 6.29 Å². The minimum atomic E-state index is 0.757. The van der Waals surface area contributed by atoms with Gasteiger partial charge in [-0.05, 0) is 38.0 Å². The first-order valence-electron chi connectivity index (χ1n) is 5.71. The summed E-state index contributed by atoms with van der Waals surface area (Å²) in [5, 5.41) is 4.45. The molecule has 0 amide bonds. The molecule has 90 valence electrons. The van der Waals surface area contributed by atoms with Crippen LogP contribution >= 0.6 is 11.3 Å². The van der Waals surface area contributed by atoms with E-state index in [2.05, 4.69) is 25.0 Å². The Hall–Kier alpha value is -1.42. The number of carbonyl (C=O) groups excluding carboxylic acids is 1. The van der Waals surface area contributed by atoms with Gasteiger partial charge in [0, 0.05) is 10.6 Å². The van der Waals surface area contributed by atoms with Crippen molar-refractivity contribution in [2.24, 2.45) is 0 Å². The first-order valence-corrected chi connectivity index (χ1v) is 6.53. The van der Waals surface area contributed by atoms with Crippen LogP contribution in [0.25, 0.3) is 0 Å². The van der Waals surface area contributed by atoms with Crippen molar-refractivity contribution in [1.29, 1.82) is 0 Å². The molecule has 0 spiro atoms. The molecule has 0 aromatic carbocycles. The zero-order valence-corrected chi connectivity index (χ0v) is 11.2. The first-order chi connectivity index (χ1) is 8.13. The molecule has 0 bridgehead atoms. The average Bonchev–Trinajstić information content (AvgIpc) is 2.83. The molecule has 0 radical (unpaired) electrons. The maximum Gasteiger partial charge on any atom is 0.160 e. The van der Waals surface area contributed by atoms with Gasteiger partial charge in [0.25, 0.3) is 0 Å². The van der Waals surface area contributed by atoms with Crippen molar-refractivity contribution in [2.45, 2.75) is 33.7 Å². The van der Waals surface area contributed by atoms with Gasteiger partial charge in [-0.25, -0.2) is 0 Å². The molecule has 0 fully saturated rings. The molecule has 0 atom stereocenters. The smallest absolute Gasteiger partial charge is 0.160 e. The molecule has 3 nitrogen and oxygen atoms in total. The Morgan fingerprint density at radius 3 is 2.71 bits per heavy atom. The van der Waals surface area contributed by atoms with Gasteiger partial charge in [-0.1, -0.05) is 6.92 Å². The fourth-order valence-corrected chi connectivity index (χ4v) is 2.91. The Morgan fingerprint density at radius 1 is 1.41 bits per heavy atom. The van der Waals surface area contributed by atoms with Gasteiger partial charge >= 0.3 is 0 Å². The van der Waals surface area contributed by atoms with E-state index in [1.54, 1.807) is 11.3 Å². The highest BCUT2D eigenvalue weighted by atomic mass is 32.1. The third-order valence-corrected chi connectivity index (χ3v) is 4.02. The van der Waals surface area contributed by atoms with Crippen molar-refractivity contribution >= 4 is 17.6 Å². The van der Waals surface area contributed by atoms with Crippen LogP contribution in [0.1, 0.15) is 38.4 Å². The summed E-state index contributed by atoms with van der Waals surface area (Å²) in [5.41, 5.74) is 3.40. The van der Waals surface area contributed by atoms with Gasteiger partial charge in [-0.3, -0.25) is 9.48 Å². The number of rotatable bonds is 4.